The summed E-state index contributed by atoms with van der Waals surface area (Å²) in [4.78, 5) is 5.32. The summed E-state index contributed by atoms with van der Waals surface area (Å²) in [6.07, 6.45) is 3.01. The number of morpholine rings is 1. The maximum absolute atomic E-state index is 5.99. The average molecular weight is 282 g/mol. The Morgan fingerprint density at radius 2 is 1.50 bits per heavy atom. The van der Waals surface area contributed by atoms with Gasteiger partial charge in [-0.05, 0) is 39.0 Å². The van der Waals surface area contributed by atoms with Gasteiger partial charge in [-0.25, -0.2) is 0 Å². The molecule has 0 aromatic rings. The highest BCUT2D eigenvalue weighted by Gasteiger charge is 2.35. The Labute approximate surface area is 125 Å². The number of nitrogens with zero attached hydrogens (tertiary/aromatic N) is 2. The summed E-state index contributed by atoms with van der Waals surface area (Å²) in [5.74, 6) is 0. The summed E-state index contributed by atoms with van der Waals surface area (Å²) >= 11 is 0. The predicted octanol–water partition coefficient (Wildman–Crippen LogP) is 3.00. The van der Waals surface area contributed by atoms with E-state index in [9.17, 15) is 0 Å². The van der Waals surface area contributed by atoms with Crippen LogP contribution in [0.2, 0.25) is 0 Å². The van der Waals surface area contributed by atoms with E-state index in [0.717, 1.165) is 25.7 Å². The molecule has 20 heavy (non-hydrogen) atoms. The molecular formula is C17H34N2O. The molecule has 2 aliphatic rings. The van der Waals surface area contributed by atoms with Crippen molar-refractivity contribution in [3.8, 4) is 0 Å². The van der Waals surface area contributed by atoms with Crippen molar-refractivity contribution in [3.63, 3.8) is 0 Å². The third-order valence-electron chi connectivity index (χ3n) is 4.99. The molecule has 0 N–H and O–H groups in total. The van der Waals surface area contributed by atoms with Crippen molar-refractivity contribution in [2.24, 2.45) is 5.41 Å². The van der Waals surface area contributed by atoms with Crippen molar-refractivity contribution in [1.82, 2.24) is 9.80 Å². The normalized spacial score (nSPS) is 28.8. The Morgan fingerprint density at radius 3 is 2.00 bits per heavy atom. The van der Waals surface area contributed by atoms with E-state index in [1.807, 2.05) is 0 Å². The van der Waals surface area contributed by atoms with Gasteiger partial charge in [0, 0.05) is 37.8 Å². The van der Waals surface area contributed by atoms with Crippen LogP contribution in [0.3, 0.4) is 0 Å². The monoisotopic (exact) mass is 282 g/mol. The molecule has 2 rings (SSSR count). The van der Waals surface area contributed by atoms with E-state index in [2.05, 4.69) is 51.3 Å². The number of ether oxygens (including phenoxy) is 1. The highest BCUT2D eigenvalue weighted by Crippen LogP contribution is 2.29. The fourth-order valence-corrected chi connectivity index (χ4v) is 3.43. The smallest absolute Gasteiger partial charge is 0.0750 e. The summed E-state index contributed by atoms with van der Waals surface area (Å²) in [5.41, 5.74) is 0.578. The molecule has 0 radical (unpaired) electrons. The molecule has 118 valence electrons. The molecule has 0 aromatic heterocycles. The molecule has 1 unspecified atom stereocenters. The first-order chi connectivity index (χ1) is 9.18. The highest BCUT2D eigenvalue weighted by atomic mass is 16.5. The van der Waals surface area contributed by atoms with E-state index in [4.69, 9.17) is 4.74 Å². The van der Waals surface area contributed by atoms with Gasteiger partial charge in [0.1, 0.15) is 0 Å². The molecule has 0 aromatic carbocycles. The van der Waals surface area contributed by atoms with Gasteiger partial charge in [-0.2, -0.15) is 0 Å². The lowest BCUT2D eigenvalue weighted by atomic mass is 9.87. The molecule has 1 atom stereocenters. The number of likely N-dealkylation sites (tertiary alicyclic amines) is 1. The zero-order chi connectivity index (χ0) is 15.0. The van der Waals surface area contributed by atoms with E-state index < -0.39 is 0 Å². The Bertz CT molecular complexity index is 308. The summed E-state index contributed by atoms with van der Waals surface area (Å²) in [5, 5.41) is 0. The predicted molar refractivity (Wildman–Crippen MR) is 85.1 cm³/mol. The van der Waals surface area contributed by atoms with Crippen LogP contribution in [0, 0.1) is 5.41 Å². The number of piperidine rings is 1. The second kappa shape index (κ2) is 5.94. The molecule has 2 aliphatic heterocycles. The molecule has 2 heterocycles. The minimum Gasteiger partial charge on any atom is -0.375 e. The molecule has 0 saturated carbocycles. The molecule has 0 bridgehead atoms. The van der Waals surface area contributed by atoms with Crippen LogP contribution in [0.4, 0.5) is 0 Å². The lowest BCUT2D eigenvalue weighted by Crippen LogP contribution is -2.56. The van der Waals surface area contributed by atoms with Gasteiger partial charge in [-0.1, -0.05) is 20.8 Å². The summed E-state index contributed by atoms with van der Waals surface area (Å²) in [7, 11) is 0. The third kappa shape index (κ3) is 3.96. The minimum atomic E-state index is 0.255. The van der Waals surface area contributed by atoms with E-state index >= 15 is 0 Å². The van der Waals surface area contributed by atoms with Crippen LogP contribution in [-0.2, 0) is 4.74 Å². The number of rotatable bonds is 1. The van der Waals surface area contributed by atoms with Gasteiger partial charge < -0.3 is 4.74 Å². The Morgan fingerprint density at radius 1 is 0.900 bits per heavy atom. The van der Waals surface area contributed by atoms with Gasteiger partial charge in [-0.15, -0.1) is 0 Å². The van der Waals surface area contributed by atoms with E-state index in [1.54, 1.807) is 0 Å². The van der Waals surface area contributed by atoms with Crippen LogP contribution in [0.1, 0.15) is 54.4 Å². The summed E-state index contributed by atoms with van der Waals surface area (Å²) < 4.78 is 5.99. The van der Waals surface area contributed by atoms with Gasteiger partial charge in [0.2, 0.25) is 0 Å². The van der Waals surface area contributed by atoms with Gasteiger partial charge in [0.05, 0.1) is 12.7 Å². The van der Waals surface area contributed by atoms with Crippen molar-refractivity contribution in [2.45, 2.75) is 72.1 Å². The second-order valence-electron chi connectivity index (χ2n) is 8.61. The van der Waals surface area contributed by atoms with E-state index in [-0.39, 0.29) is 5.41 Å². The SMILES string of the molecule is CC(C)(C)C1CN(C2CCN(C(C)(C)C)CC2)CCO1. The maximum Gasteiger partial charge on any atom is 0.0750 e. The third-order valence-corrected chi connectivity index (χ3v) is 4.99. The lowest BCUT2D eigenvalue weighted by molar-refractivity contribution is -0.0967. The van der Waals surface area contributed by atoms with E-state index in [0.29, 0.717) is 11.6 Å². The average Bonchev–Trinajstić information content (AvgIpc) is 2.37. The van der Waals surface area contributed by atoms with Gasteiger partial charge >= 0.3 is 0 Å². The topological polar surface area (TPSA) is 15.7 Å². The Hall–Kier alpha value is -0.120. The fourth-order valence-electron chi connectivity index (χ4n) is 3.43. The van der Waals surface area contributed by atoms with Crippen LogP contribution in [0.25, 0.3) is 0 Å². The first kappa shape index (κ1) is 16.3. The maximum atomic E-state index is 5.99. The first-order valence-corrected chi connectivity index (χ1v) is 8.28. The minimum absolute atomic E-state index is 0.255. The summed E-state index contributed by atoms with van der Waals surface area (Å²) in [6, 6.07) is 0.766. The molecule has 0 amide bonds. The molecule has 0 spiro atoms. The van der Waals surface area contributed by atoms with Crippen molar-refractivity contribution < 1.29 is 4.74 Å². The van der Waals surface area contributed by atoms with Gasteiger partial charge in [-0.3, -0.25) is 9.80 Å². The zero-order valence-corrected chi connectivity index (χ0v) is 14.4. The molecular weight excluding hydrogens is 248 g/mol. The van der Waals surface area contributed by atoms with Gasteiger partial charge in [0.15, 0.2) is 0 Å². The number of hydrogen-bond acceptors (Lipinski definition) is 3. The van der Waals surface area contributed by atoms with Gasteiger partial charge in [0.25, 0.3) is 0 Å². The largest absolute Gasteiger partial charge is 0.375 e. The van der Waals surface area contributed by atoms with Crippen LogP contribution in [-0.4, -0.2) is 60.3 Å². The van der Waals surface area contributed by atoms with Crippen LogP contribution < -0.4 is 0 Å². The van der Waals surface area contributed by atoms with Crippen molar-refractivity contribution in [2.75, 3.05) is 32.8 Å². The first-order valence-electron chi connectivity index (χ1n) is 8.28. The van der Waals surface area contributed by atoms with Crippen molar-refractivity contribution in [1.29, 1.82) is 0 Å². The molecule has 3 heteroatoms. The number of hydrogen-bond donors (Lipinski definition) is 0. The molecule has 2 saturated heterocycles. The van der Waals surface area contributed by atoms with E-state index in [1.165, 1.54) is 25.9 Å². The summed E-state index contributed by atoms with van der Waals surface area (Å²) in [6.45, 7) is 19.5. The lowest BCUT2D eigenvalue weighted by Gasteiger charge is -2.47. The van der Waals surface area contributed by atoms with Crippen LogP contribution in [0.15, 0.2) is 0 Å². The highest BCUT2D eigenvalue weighted by molar-refractivity contribution is 4.89. The fraction of sp³-hybridized carbons (Fsp3) is 1.00. The van der Waals surface area contributed by atoms with Crippen LogP contribution in [0.5, 0.6) is 0 Å². The Balaban J connectivity index is 1.87. The Kier molecular flexibility index (Phi) is 4.83. The molecule has 0 aliphatic carbocycles. The molecule has 3 nitrogen and oxygen atoms in total. The van der Waals surface area contributed by atoms with Crippen molar-refractivity contribution >= 4 is 0 Å². The molecule has 2 fully saturated rings. The zero-order valence-electron chi connectivity index (χ0n) is 14.4. The standard InChI is InChI=1S/C17H34N2O/c1-16(2,3)15-13-18(11-12-20-15)14-7-9-19(10-8-14)17(4,5)6/h14-15H,7-13H2,1-6H3. The van der Waals surface area contributed by atoms with Crippen molar-refractivity contribution in [3.05, 3.63) is 0 Å². The quantitative estimate of drug-likeness (QED) is 0.735. The van der Waals surface area contributed by atoms with Crippen LogP contribution >= 0.6 is 0 Å². The second-order valence-corrected chi connectivity index (χ2v) is 8.61.